The monoisotopic (exact) mass is 382 g/mol. The van der Waals surface area contributed by atoms with E-state index in [-0.39, 0.29) is 36.3 Å². The first-order valence-electron chi connectivity index (χ1n) is 7.11. The number of rotatable bonds is 3. The number of esters is 1. The molecule has 2 aliphatic rings. The van der Waals surface area contributed by atoms with Gasteiger partial charge in [0.15, 0.2) is 6.61 Å². The lowest BCUT2D eigenvalue weighted by Crippen LogP contribution is -2.34. The number of carbonyl (C=O) groups excluding carboxylic acids is 3. The molecule has 2 aliphatic heterocycles. The molecule has 1 fully saturated rings. The van der Waals surface area contributed by atoms with E-state index in [0.29, 0.717) is 23.2 Å². The lowest BCUT2D eigenvalue weighted by molar-refractivity contribution is -0.128. The number of halogens is 1. The van der Waals surface area contributed by atoms with Crippen LogP contribution in [-0.4, -0.2) is 37.5 Å². The van der Waals surface area contributed by atoms with Gasteiger partial charge in [0.2, 0.25) is 5.91 Å². The van der Waals surface area contributed by atoms with Gasteiger partial charge in [0.05, 0.1) is 16.7 Å². The van der Waals surface area contributed by atoms with Crippen molar-refractivity contribution in [1.82, 2.24) is 5.32 Å². The van der Waals surface area contributed by atoms with Crippen molar-refractivity contribution >= 4 is 39.4 Å². The van der Waals surface area contributed by atoms with Crippen LogP contribution in [-0.2, 0) is 14.3 Å². The standard InChI is InChI=1S/C15H15BrN2O5/c1-15(2-3-17-14(15)21)7-23-13(20)9-4-8(16)5-10-12(9)18-11(19)6-22-10/h4-5H,2-3,6-7H2,1H3,(H,17,21)(H,18,19). The second-order valence-electron chi connectivity index (χ2n) is 5.81. The second kappa shape index (κ2) is 5.84. The Morgan fingerprint density at radius 3 is 2.91 bits per heavy atom. The molecule has 2 heterocycles. The van der Waals surface area contributed by atoms with Crippen LogP contribution in [0.2, 0.25) is 0 Å². The molecule has 3 rings (SSSR count). The van der Waals surface area contributed by atoms with Gasteiger partial charge < -0.3 is 20.1 Å². The van der Waals surface area contributed by atoms with Crippen LogP contribution in [0.25, 0.3) is 0 Å². The lowest BCUT2D eigenvalue weighted by Gasteiger charge is -2.23. The van der Waals surface area contributed by atoms with Crippen LogP contribution < -0.4 is 15.4 Å². The van der Waals surface area contributed by atoms with Crippen molar-refractivity contribution < 1.29 is 23.9 Å². The van der Waals surface area contributed by atoms with Crippen molar-refractivity contribution in [2.45, 2.75) is 13.3 Å². The maximum Gasteiger partial charge on any atom is 0.340 e. The number of hydrogen-bond acceptors (Lipinski definition) is 5. The molecule has 1 saturated heterocycles. The van der Waals surface area contributed by atoms with Crippen LogP contribution in [0.15, 0.2) is 16.6 Å². The molecule has 23 heavy (non-hydrogen) atoms. The number of fused-ring (bicyclic) bond motifs is 1. The third kappa shape index (κ3) is 3.03. The van der Waals surface area contributed by atoms with E-state index in [0.717, 1.165) is 0 Å². The molecule has 1 atom stereocenters. The topological polar surface area (TPSA) is 93.7 Å². The predicted molar refractivity (Wildman–Crippen MR) is 84.3 cm³/mol. The highest BCUT2D eigenvalue weighted by Gasteiger charge is 2.39. The summed E-state index contributed by atoms with van der Waals surface area (Å²) in [5, 5.41) is 5.34. The Hall–Kier alpha value is -2.09. The fraction of sp³-hybridized carbons (Fsp3) is 0.400. The summed E-state index contributed by atoms with van der Waals surface area (Å²) < 4.78 is 11.3. The highest BCUT2D eigenvalue weighted by molar-refractivity contribution is 9.10. The molecule has 0 radical (unpaired) electrons. The van der Waals surface area contributed by atoms with Crippen molar-refractivity contribution in [3.8, 4) is 5.75 Å². The maximum atomic E-state index is 12.4. The first kappa shape index (κ1) is 15.8. The van der Waals surface area contributed by atoms with E-state index in [1.54, 1.807) is 19.1 Å². The summed E-state index contributed by atoms with van der Waals surface area (Å²) in [6.45, 7) is 2.21. The second-order valence-corrected chi connectivity index (χ2v) is 6.72. The van der Waals surface area contributed by atoms with Crippen LogP contribution in [0.3, 0.4) is 0 Å². The lowest BCUT2D eigenvalue weighted by atomic mass is 9.90. The average molecular weight is 383 g/mol. The van der Waals surface area contributed by atoms with Gasteiger partial charge >= 0.3 is 5.97 Å². The van der Waals surface area contributed by atoms with Gasteiger partial charge in [-0.25, -0.2) is 4.79 Å². The van der Waals surface area contributed by atoms with Gasteiger partial charge in [-0.05, 0) is 25.5 Å². The Kier molecular flexibility index (Phi) is 4.01. The summed E-state index contributed by atoms with van der Waals surface area (Å²) in [4.78, 5) is 35.7. The molecule has 0 aromatic heterocycles. The third-order valence-corrected chi connectivity index (χ3v) is 4.40. The van der Waals surface area contributed by atoms with E-state index < -0.39 is 11.4 Å². The molecule has 2 amide bonds. The van der Waals surface area contributed by atoms with Gasteiger partial charge in [0, 0.05) is 11.0 Å². The maximum absolute atomic E-state index is 12.4. The molecular formula is C15H15BrN2O5. The van der Waals surface area contributed by atoms with Gasteiger partial charge in [-0.2, -0.15) is 0 Å². The minimum atomic E-state index is -0.721. The van der Waals surface area contributed by atoms with Gasteiger partial charge in [0.1, 0.15) is 12.4 Å². The fourth-order valence-electron chi connectivity index (χ4n) is 2.52. The van der Waals surface area contributed by atoms with Crippen LogP contribution >= 0.6 is 15.9 Å². The van der Waals surface area contributed by atoms with E-state index in [9.17, 15) is 14.4 Å². The van der Waals surface area contributed by atoms with E-state index in [1.807, 2.05) is 0 Å². The van der Waals surface area contributed by atoms with Crippen LogP contribution in [0, 0.1) is 5.41 Å². The summed E-state index contributed by atoms with van der Waals surface area (Å²) in [7, 11) is 0. The molecule has 7 nitrogen and oxygen atoms in total. The molecule has 1 aromatic rings. The van der Waals surface area contributed by atoms with E-state index >= 15 is 0 Å². The molecule has 0 spiro atoms. The Bertz CT molecular complexity index is 705. The summed E-state index contributed by atoms with van der Waals surface area (Å²) in [6, 6.07) is 3.21. The summed E-state index contributed by atoms with van der Waals surface area (Å²) >= 11 is 3.30. The number of amides is 2. The quantitative estimate of drug-likeness (QED) is 0.771. The predicted octanol–water partition coefficient (Wildman–Crippen LogP) is 1.46. The smallest absolute Gasteiger partial charge is 0.340 e. The van der Waals surface area contributed by atoms with Crippen LogP contribution in [0.4, 0.5) is 5.69 Å². The Morgan fingerprint density at radius 2 is 2.22 bits per heavy atom. The Balaban J connectivity index is 1.81. The van der Waals surface area contributed by atoms with Gasteiger partial charge in [0.25, 0.3) is 5.91 Å². The molecular weight excluding hydrogens is 368 g/mol. The number of nitrogens with one attached hydrogen (secondary N) is 2. The normalized spacial score (nSPS) is 22.7. The van der Waals surface area contributed by atoms with Crippen LogP contribution in [0.5, 0.6) is 5.75 Å². The third-order valence-electron chi connectivity index (χ3n) is 3.94. The van der Waals surface area contributed by atoms with Gasteiger partial charge in [-0.15, -0.1) is 0 Å². The molecule has 1 aromatic carbocycles. The van der Waals surface area contributed by atoms with Crippen LogP contribution in [0.1, 0.15) is 23.7 Å². The van der Waals surface area contributed by atoms with Crippen molar-refractivity contribution in [2.75, 3.05) is 25.1 Å². The summed E-state index contributed by atoms with van der Waals surface area (Å²) in [6.07, 6.45) is 0.607. The number of ether oxygens (including phenoxy) is 2. The zero-order valence-corrected chi connectivity index (χ0v) is 14.0. The molecule has 0 saturated carbocycles. The Morgan fingerprint density at radius 1 is 1.43 bits per heavy atom. The van der Waals surface area contributed by atoms with Crippen molar-refractivity contribution in [2.24, 2.45) is 5.41 Å². The summed E-state index contributed by atoms with van der Waals surface area (Å²) in [5.74, 6) is -0.681. The highest BCUT2D eigenvalue weighted by atomic mass is 79.9. The van der Waals surface area contributed by atoms with Crippen molar-refractivity contribution in [1.29, 1.82) is 0 Å². The first-order chi connectivity index (χ1) is 10.9. The van der Waals surface area contributed by atoms with Gasteiger partial charge in [-0.1, -0.05) is 15.9 Å². The minimum Gasteiger partial charge on any atom is -0.482 e. The molecule has 0 bridgehead atoms. The zero-order chi connectivity index (χ0) is 16.6. The number of anilines is 1. The molecule has 122 valence electrons. The van der Waals surface area contributed by atoms with E-state index in [2.05, 4.69) is 26.6 Å². The minimum absolute atomic E-state index is 0.0201. The fourth-order valence-corrected chi connectivity index (χ4v) is 2.96. The van der Waals surface area contributed by atoms with Crippen molar-refractivity contribution in [3.63, 3.8) is 0 Å². The number of hydrogen-bond donors (Lipinski definition) is 2. The average Bonchev–Trinajstić information content (AvgIpc) is 2.84. The zero-order valence-electron chi connectivity index (χ0n) is 12.4. The molecule has 2 N–H and O–H groups in total. The van der Waals surface area contributed by atoms with Crippen molar-refractivity contribution in [3.05, 3.63) is 22.2 Å². The van der Waals surface area contributed by atoms with Gasteiger partial charge in [-0.3, -0.25) is 9.59 Å². The number of carbonyl (C=O) groups is 3. The Labute approximate surface area is 140 Å². The number of benzene rings is 1. The first-order valence-corrected chi connectivity index (χ1v) is 7.90. The molecule has 0 aliphatic carbocycles. The summed E-state index contributed by atoms with van der Waals surface area (Å²) in [5.41, 5.74) is -0.249. The SMILES string of the molecule is CC1(COC(=O)c2cc(Br)cc3c2NC(=O)CO3)CCNC1=O. The molecule has 1 unspecified atom stereocenters. The van der Waals surface area contributed by atoms with E-state index in [4.69, 9.17) is 9.47 Å². The largest absolute Gasteiger partial charge is 0.482 e. The van der Waals surface area contributed by atoms with E-state index in [1.165, 1.54) is 0 Å². The highest BCUT2D eigenvalue weighted by Crippen LogP contribution is 2.35. The molecule has 8 heteroatoms.